The largest absolute Gasteiger partial charge is 0.444 e. The van der Waals surface area contributed by atoms with Crippen LogP contribution in [0, 0.1) is 5.92 Å². The van der Waals surface area contributed by atoms with Crippen LogP contribution in [-0.2, 0) is 9.53 Å². The van der Waals surface area contributed by atoms with Gasteiger partial charge in [0.2, 0.25) is 0 Å². The normalized spacial score (nSPS) is 13.1. The van der Waals surface area contributed by atoms with Crippen molar-refractivity contribution < 1.29 is 14.3 Å². The topological polar surface area (TPSA) is 46.6 Å². The zero-order valence-electron chi connectivity index (χ0n) is 10.2. The molecule has 0 radical (unpaired) electrons. The van der Waals surface area contributed by atoms with Gasteiger partial charge in [-0.3, -0.25) is 0 Å². The van der Waals surface area contributed by atoms with E-state index in [1.54, 1.807) is 6.92 Å². The minimum atomic E-state index is -0.491. The van der Waals surface area contributed by atoms with Crippen molar-refractivity contribution in [2.45, 2.75) is 40.2 Å². The first kappa shape index (κ1) is 13.9. The number of ether oxygens (including phenoxy) is 1. The highest BCUT2D eigenvalue weighted by atomic mass is 16.6. The highest BCUT2D eigenvalue weighted by molar-refractivity contribution is 5.68. The number of rotatable bonds is 4. The molecule has 0 fully saturated rings. The second-order valence-electron chi connectivity index (χ2n) is 4.63. The van der Waals surface area contributed by atoms with Crippen LogP contribution < -0.4 is 0 Å². The smallest absolute Gasteiger partial charge is 0.410 e. The molecule has 0 aliphatic carbocycles. The molecule has 1 amide bonds. The van der Waals surface area contributed by atoms with Crippen LogP contribution in [0.4, 0.5) is 4.79 Å². The summed E-state index contributed by atoms with van der Waals surface area (Å²) >= 11 is 0. The van der Waals surface area contributed by atoms with E-state index in [0.717, 1.165) is 6.29 Å². The van der Waals surface area contributed by atoms with Gasteiger partial charge in [0.1, 0.15) is 11.9 Å². The molecule has 0 aromatic carbocycles. The molecule has 88 valence electrons. The molecule has 0 saturated heterocycles. The predicted octanol–water partition coefficient (Wildman–Crippen LogP) is 2.08. The van der Waals surface area contributed by atoms with Crippen molar-refractivity contribution in [3.63, 3.8) is 0 Å². The maximum Gasteiger partial charge on any atom is 0.410 e. The van der Waals surface area contributed by atoms with Crippen molar-refractivity contribution in [3.05, 3.63) is 0 Å². The molecular formula is C11H21NO3. The Balaban J connectivity index is 4.28. The fraction of sp³-hybridized carbons (Fsp3) is 0.818. The number of hydrogen-bond donors (Lipinski definition) is 0. The van der Waals surface area contributed by atoms with Gasteiger partial charge < -0.3 is 14.4 Å². The Kier molecular flexibility index (Phi) is 5.33. The zero-order valence-corrected chi connectivity index (χ0v) is 10.2. The summed E-state index contributed by atoms with van der Waals surface area (Å²) in [6.07, 6.45) is 0.478. The van der Waals surface area contributed by atoms with E-state index < -0.39 is 5.60 Å². The molecule has 0 aromatic rings. The van der Waals surface area contributed by atoms with Crippen LogP contribution in [0.5, 0.6) is 0 Å². The average molecular weight is 215 g/mol. The molecule has 0 aliphatic rings. The van der Waals surface area contributed by atoms with Crippen LogP contribution in [0.2, 0.25) is 0 Å². The monoisotopic (exact) mass is 215 g/mol. The quantitative estimate of drug-likeness (QED) is 0.674. The van der Waals surface area contributed by atoms with E-state index in [2.05, 4.69) is 0 Å². The first-order chi connectivity index (χ1) is 6.80. The Morgan fingerprint density at radius 3 is 2.33 bits per heavy atom. The molecular weight excluding hydrogens is 194 g/mol. The molecule has 1 atom stereocenters. The summed E-state index contributed by atoms with van der Waals surface area (Å²) in [6, 6.07) is 0. The first-order valence-corrected chi connectivity index (χ1v) is 5.23. The minimum Gasteiger partial charge on any atom is -0.444 e. The fourth-order valence-electron chi connectivity index (χ4n) is 1.05. The molecule has 0 aromatic heterocycles. The second-order valence-corrected chi connectivity index (χ2v) is 4.63. The second kappa shape index (κ2) is 5.73. The highest BCUT2D eigenvalue weighted by Gasteiger charge is 2.21. The summed E-state index contributed by atoms with van der Waals surface area (Å²) in [7, 11) is 0. The van der Waals surface area contributed by atoms with Gasteiger partial charge in [-0.1, -0.05) is 6.92 Å². The molecule has 4 heteroatoms. The number of amides is 1. The third-order valence-electron chi connectivity index (χ3n) is 1.77. The number of carbonyl (C=O) groups excluding carboxylic acids is 2. The summed E-state index contributed by atoms with van der Waals surface area (Å²) in [5.74, 6) is -0.155. The van der Waals surface area contributed by atoms with Gasteiger partial charge in [0, 0.05) is 19.0 Å². The molecule has 4 nitrogen and oxygen atoms in total. The van der Waals surface area contributed by atoms with E-state index in [4.69, 9.17) is 4.74 Å². The molecule has 0 spiro atoms. The van der Waals surface area contributed by atoms with Crippen molar-refractivity contribution in [2.75, 3.05) is 13.1 Å². The van der Waals surface area contributed by atoms with E-state index in [-0.39, 0.29) is 12.0 Å². The lowest BCUT2D eigenvalue weighted by Gasteiger charge is -2.27. The summed E-state index contributed by atoms with van der Waals surface area (Å²) in [6.45, 7) is 10.1. The van der Waals surface area contributed by atoms with Gasteiger partial charge in [-0.15, -0.1) is 0 Å². The van der Waals surface area contributed by atoms with Crippen molar-refractivity contribution in [1.82, 2.24) is 4.90 Å². The summed E-state index contributed by atoms with van der Waals surface area (Å²) in [4.78, 5) is 23.6. The number of nitrogens with zero attached hydrogens (tertiary/aromatic N) is 1. The summed E-state index contributed by atoms with van der Waals surface area (Å²) in [5.41, 5.74) is -0.491. The Bertz CT molecular complexity index is 220. The highest BCUT2D eigenvalue weighted by Crippen LogP contribution is 2.10. The van der Waals surface area contributed by atoms with Crippen molar-refractivity contribution in [2.24, 2.45) is 5.92 Å². The molecule has 0 rings (SSSR count). The van der Waals surface area contributed by atoms with Crippen LogP contribution in [0.3, 0.4) is 0 Å². The van der Waals surface area contributed by atoms with Gasteiger partial charge in [-0.25, -0.2) is 4.79 Å². The van der Waals surface area contributed by atoms with E-state index >= 15 is 0 Å². The number of carbonyl (C=O) groups is 2. The average Bonchev–Trinajstić information content (AvgIpc) is 2.10. The van der Waals surface area contributed by atoms with Gasteiger partial charge in [0.05, 0.1) is 0 Å². The third-order valence-corrected chi connectivity index (χ3v) is 1.77. The number of aldehydes is 1. The standard InChI is InChI=1S/C11H21NO3/c1-6-12(7-9(2)8-13)10(14)15-11(3,4)5/h8-9H,6-7H2,1-5H3. The lowest BCUT2D eigenvalue weighted by molar-refractivity contribution is -0.111. The van der Waals surface area contributed by atoms with E-state index in [9.17, 15) is 9.59 Å². The zero-order chi connectivity index (χ0) is 12.1. The summed E-state index contributed by atoms with van der Waals surface area (Å²) in [5, 5.41) is 0. The minimum absolute atomic E-state index is 0.155. The molecule has 1 unspecified atom stereocenters. The van der Waals surface area contributed by atoms with Crippen molar-refractivity contribution in [1.29, 1.82) is 0 Å². The van der Waals surface area contributed by atoms with Crippen LogP contribution in [0.1, 0.15) is 34.6 Å². The lowest BCUT2D eigenvalue weighted by atomic mass is 10.2. The van der Waals surface area contributed by atoms with E-state index in [1.165, 1.54) is 4.90 Å². The SMILES string of the molecule is CCN(CC(C)C=O)C(=O)OC(C)(C)C. The molecule has 0 aliphatic heterocycles. The Morgan fingerprint density at radius 1 is 1.47 bits per heavy atom. The Hall–Kier alpha value is -1.06. The van der Waals surface area contributed by atoms with E-state index in [1.807, 2.05) is 27.7 Å². The van der Waals surface area contributed by atoms with Gasteiger partial charge >= 0.3 is 6.09 Å². The Labute approximate surface area is 91.6 Å². The molecule has 0 saturated carbocycles. The lowest BCUT2D eigenvalue weighted by Crippen LogP contribution is -2.39. The first-order valence-electron chi connectivity index (χ1n) is 5.23. The van der Waals surface area contributed by atoms with E-state index in [0.29, 0.717) is 13.1 Å². The maximum absolute atomic E-state index is 11.6. The molecule has 15 heavy (non-hydrogen) atoms. The molecule has 0 bridgehead atoms. The van der Waals surface area contributed by atoms with Gasteiger partial charge in [0.15, 0.2) is 0 Å². The number of hydrogen-bond acceptors (Lipinski definition) is 3. The van der Waals surface area contributed by atoms with Gasteiger partial charge in [-0.05, 0) is 27.7 Å². The van der Waals surface area contributed by atoms with Gasteiger partial charge in [0.25, 0.3) is 0 Å². The fourth-order valence-corrected chi connectivity index (χ4v) is 1.05. The van der Waals surface area contributed by atoms with Gasteiger partial charge in [-0.2, -0.15) is 0 Å². The molecule has 0 N–H and O–H groups in total. The van der Waals surface area contributed by atoms with Crippen LogP contribution in [0.15, 0.2) is 0 Å². The summed E-state index contributed by atoms with van der Waals surface area (Å²) < 4.78 is 5.21. The Morgan fingerprint density at radius 2 is 2.00 bits per heavy atom. The van der Waals surface area contributed by atoms with Crippen LogP contribution in [0.25, 0.3) is 0 Å². The van der Waals surface area contributed by atoms with Crippen LogP contribution in [-0.4, -0.2) is 36.0 Å². The molecule has 0 heterocycles. The van der Waals surface area contributed by atoms with Crippen LogP contribution >= 0.6 is 0 Å². The van der Waals surface area contributed by atoms with Crippen molar-refractivity contribution >= 4 is 12.4 Å². The third kappa shape index (κ3) is 6.10. The maximum atomic E-state index is 11.6. The predicted molar refractivity (Wildman–Crippen MR) is 58.7 cm³/mol. The van der Waals surface area contributed by atoms with Crippen molar-refractivity contribution in [3.8, 4) is 0 Å².